The number of anilines is 1. The van der Waals surface area contributed by atoms with Crippen molar-refractivity contribution in [3.05, 3.63) is 12.1 Å². The number of carbonyl (C=O) groups is 1. The van der Waals surface area contributed by atoms with E-state index in [1.165, 1.54) is 4.63 Å². The van der Waals surface area contributed by atoms with Crippen LogP contribution in [0.1, 0.15) is 0 Å². The first kappa shape index (κ1) is 11.8. The van der Waals surface area contributed by atoms with Crippen molar-refractivity contribution in [2.24, 2.45) is 0 Å². The van der Waals surface area contributed by atoms with Crippen LogP contribution in [-0.2, 0) is 4.79 Å². The molecule has 0 saturated carbocycles. The fourth-order valence-corrected chi connectivity index (χ4v) is 1.94. The average Bonchev–Trinajstić information content (AvgIpc) is 2.93. The molecule has 9 nitrogen and oxygen atoms in total. The summed E-state index contributed by atoms with van der Waals surface area (Å²) in [5.41, 5.74) is 0.569. The molecule has 0 aromatic carbocycles. The van der Waals surface area contributed by atoms with Gasteiger partial charge in [-0.05, 0) is 22.6 Å². The lowest BCUT2D eigenvalue weighted by molar-refractivity contribution is -0.129. The molecule has 3 rings (SSSR count). The quantitative estimate of drug-likeness (QED) is 0.684. The van der Waals surface area contributed by atoms with Gasteiger partial charge in [-0.3, -0.25) is 4.79 Å². The molecule has 1 fully saturated rings. The molecule has 1 aliphatic rings. The topological polar surface area (TPSA) is 100 Å². The van der Waals surface area contributed by atoms with Gasteiger partial charge in [0.15, 0.2) is 5.65 Å². The summed E-state index contributed by atoms with van der Waals surface area (Å²) in [7, 11) is 0. The zero-order valence-electron chi connectivity index (χ0n) is 10.3. The number of fused-ring (bicyclic) bond motifs is 1. The zero-order valence-corrected chi connectivity index (χ0v) is 10.3. The molecule has 0 unspecified atom stereocenters. The van der Waals surface area contributed by atoms with Gasteiger partial charge < -0.3 is 15.5 Å². The van der Waals surface area contributed by atoms with E-state index in [0.717, 1.165) is 26.2 Å². The second kappa shape index (κ2) is 5.14. The molecular weight excluding hydrogens is 248 g/mol. The highest BCUT2D eigenvalue weighted by atomic mass is 16.2. The van der Waals surface area contributed by atoms with Crippen LogP contribution in [0, 0.1) is 0 Å². The summed E-state index contributed by atoms with van der Waals surface area (Å²) >= 11 is 0. The van der Waals surface area contributed by atoms with E-state index in [2.05, 4.69) is 31.3 Å². The number of aromatic nitrogens is 5. The summed E-state index contributed by atoms with van der Waals surface area (Å²) in [5, 5.41) is 21.3. The Morgan fingerprint density at radius 3 is 3.05 bits per heavy atom. The molecule has 19 heavy (non-hydrogen) atoms. The lowest BCUT2D eigenvalue weighted by Gasteiger charge is -2.27. The van der Waals surface area contributed by atoms with Gasteiger partial charge in [0.2, 0.25) is 5.91 Å². The third-order valence-corrected chi connectivity index (χ3v) is 2.96. The monoisotopic (exact) mass is 262 g/mol. The van der Waals surface area contributed by atoms with E-state index < -0.39 is 0 Å². The van der Waals surface area contributed by atoms with Crippen molar-refractivity contribution in [3.8, 4) is 0 Å². The predicted octanol–water partition coefficient (Wildman–Crippen LogP) is -1.64. The van der Waals surface area contributed by atoms with Crippen molar-refractivity contribution in [1.82, 2.24) is 35.5 Å². The Balaban J connectivity index is 1.60. The standard InChI is InChI=1S/C10H14N8O/c19-10(17-5-3-11-4-6-17)7-12-8-1-2-9-13-15-16-18(9)14-8/h1-2,11H,3-7H2,(H,12,14). The Bertz CT molecular complexity index is 576. The van der Waals surface area contributed by atoms with Gasteiger partial charge >= 0.3 is 0 Å². The number of carbonyl (C=O) groups excluding carboxylic acids is 1. The van der Waals surface area contributed by atoms with Gasteiger partial charge in [0.25, 0.3) is 0 Å². The van der Waals surface area contributed by atoms with Gasteiger partial charge in [-0.1, -0.05) is 0 Å². The van der Waals surface area contributed by atoms with Gasteiger partial charge in [-0.15, -0.1) is 14.8 Å². The Morgan fingerprint density at radius 1 is 1.37 bits per heavy atom. The number of amides is 1. The van der Waals surface area contributed by atoms with Gasteiger partial charge in [0.05, 0.1) is 6.54 Å². The predicted molar refractivity (Wildman–Crippen MR) is 66.5 cm³/mol. The maximum Gasteiger partial charge on any atom is 0.242 e. The molecule has 1 aliphatic heterocycles. The van der Waals surface area contributed by atoms with Crippen LogP contribution in [0.4, 0.5) is 5.82 Å². The normalized spacial score (nSPS) is 15.7. The van der Waals surface area contributed by atoms with Crippen LogP contribution in [0.15, 0.2) is 12.1 Å². The number of tetrazole rings is 1. The fraction of sp³-hybridized carbons (Fsp3) is 0.500. The average molecular weight is 262 g/mol. The number of hydrogen-bond acceptors (Lipinski definition) is 7. The second-order valence-electron chi connectivity index (χ2n) is 4.23. The number of rotatable bonds is 3. The highest BCUT2D eigenvalue weighted by Crippen LogP contribution is 2.03. The van der Waals surface area contributed by atoms with E-state index >= 15 is 0 Å². The lowest BCUT2D eigenvalue weighted by Crippen LogP contribution is -2.48. The first-order chi connectivity index (χ1) is 9.33. The van der Waals surface area contributed by atoms with E-state index in [9.17, 15) is 4.79 Å². The minimum atomic E-state index is 0.0695. The summed E-state index contributed by atoms with van der Waals surface area (Å²) in [4.78, 5) is 13.8. The molecule has 0 radical (unpaired) electrons. The molecule has 0 bridgehead atoms. The summed E-state index contributed by atoms with van der Waals surface area (Å²) < 4.78 is 1.32. The summed E-state index contributed by atoms with van der Waals surface area (Å²) in [6, 6.07) is 3.49. The third-order valence-electron chi connectivity index (χ3n) is 2.96. The smallest absolute Gasteiger partial charge is 0.242 e. The molecule has 100 valence electrons. The molecule has 1 amide bonds. The van der Waals surface area contributed by atoms with Crippen LogP contribution >= 0.6 is 0 Å². The molecular formula is C10H14N8O. The summed E-state index contributed by atoms with van der Waals surface area (Å²) in [5.74, 6) is 0.642. The van der Waals surface area contributed by atoms with Crippen LogP contribution in [0.5, 0.6) is 0 Å². The van der Waals surface area contributed by atoms with E-state index in [1.807, 2.05) is 4.90 Å². The maximum absolute atomic E-state index is 11.9. The van der Waals surface area contributed by atoms with E-state index in [1.54, 1.807) is 12.1 Å². The Morgan fingerprint density at radius 2 is 2.21 bits per heavy atom. The molecule has 2 N–H and O–H groups in total. The largest absolute Gasteiger partial charge is 0.360 e. The van der Waals surface area contributed by atoms with Crippen LogP contribution in [-0.4, -0.2) is 68.8 Å². The number of piperazine rings is 1. The van der Waals surface area contributed by atoms with E-state index in [-0.39, 0.29) is 12.5 Å². The highest BCUT2D eigenvalue weighted by Gasteiger charge is 2.15. The minimum absolute atomic E-state index is 0.0695. The van der Waals surface area contributed by atoms with Crippen LogP contribution in [0.25, 0.3) is 5.65 Å². The molecule has 0 aliphatic carbocycles. The maximum atomic E-state index is 11.9. The van der Waals surface area contributed by atoms with Gasteiger partial charge in [0.1, 0.15) is 5.82 Å². The van der Waals surface area contributed by atoms with Crippen molar-refractivity contribution in [1.29, 1.82) is 0 Å². The van der Waals surface area contributed by atoms with Gasteiger partial charge in [-0.25, -0.2) is 0 Å². The Kier molecular flexibility index (Phi) is 3.19. The summed E-state index contributed by atoms with van der Waals surface area (Å²) in [6.07, 6.45) is 0. The molecule has 2 aromatic heterocycles. The van der Waals surface area contributed by atoms with Crippen LogP contribution < -0.4 is 10.6 Å². The third kappa shape index (κ3) is 2.60. The lowest BCUT2D eigenvalue weighted by atomic mass is 10.3. The van der Waals surface area contributed by atoms with Crippen molar-refractivity contribution in [2.45, 2.75) is 0 Å². The van der Waals surface area contributed by atoms with Gasteiger partial charge in [0, 0.05) is 26.2 Å². The molecule has 9 heteroatoms. The Hall–Kier alpha value is -2.29. The molecule has 0 atom stereocenters. The molecule has 0 spiro atoms. The highest BCUT2D eigenvalue weighted by molar-refractivity contribution is 5.80. The van der Waals surface area contributed by atoms with Crippen molar-refractivity contribution >= 4 is 17.4 Å². The number of hydrogen-bond donors (Lipinski definition) is 2. The van der Waals surface area contributed by atoms with Crippen LogP contribution in [0.2, 0.25) is 0 Å². The van der Waals surface area contributed by atoms with E-state index in [0.29, 0.717) is 11.5 Å². The first-order valence-electron chi connectivity index (χ1n) is 6.11. The SMILES string of the molecule is O=C(CNc1ccc2nnnn2n1)N1CCNCC1. The molecule has 2 aromatic rings. The zero-order chi connectivity index (χ0) is 13.1. The van der Waals surface area contributed by atoms with Crippen LogP contribution in [0.3, 0.4) is 0 Å². The first-order valence-corrected chi connectivity index (χ1v) is 6.11. The number of nitrogens with zero attached hydrogens (tertiary/aromatic N) is 6. The second-order valence-corrected chi connectivity index (χ2v) is 4.23. The molecule has 1 saturated heterocycles. The van der Waals surface area contributed by atoms with Crippen molar-refractivity contribution < 1.29 is 4.79 Å². The summed E-state index contributed by atoms with van der Waals surface area (Å²) in [6.45, 7) is 3.42. The van der Waals surface area contributed by atoms with Crippen molar-refractivity contribution in [3.63, 3.8) is 0 Å². The Labute approximate surface area is 109 Å². The van der Waals surface area contributed by atoms with E-state index in [4.69, 9.17) is 0 Å². The number of nitrogens with one attached hydrogen (secondary N) is 2. The fourth-order valence-electron chi connectivity index (χ4n) is 1.94. The molecule has 3 heterocycles. The van der Waals surface area contributed by atoms with Crippen molar-refractivity contribution in [2.75, 3.05) is 38.0 Å². The van der Waals surface area contributed by atoms with Gasteiger partial charge in [-0.2, -0.15) is 0 Å². The minimum Gasteiger partial charge on any atom is -0.360 e.